The van der Waals surface area contributed by atoms with Gasteiger partial charge in [0.25, 0.3) is 0 Å². The molecular formula is C18H20N2O3. The molecule has 0 radical (unpaired) electrons. The van der Waals surface area contributed by atoms with E-state index in [1.165, 1.54) is 0 Å². The van der Waals surface area contributed by atoms with Crippen LogP contribution in [0.4, 0.5) is 5.69 Å². The van der Waals surface area contributed by atoms with Gasteiger partial charge in [-0.3, -0.25) is 4.79 Å². The van der Waals surface area contributed by atoms with Crippen molar-refractivity contribution in [3.63, 3.8) is 0 Å². The summed E-state index contributed by atoms with van der Waals surface area (Å²) >= 11 is 0. The van der Waals surface area contributed by atoms with Gasteiger partial charge in [0, 0.05) is 17.2 Å². The molecule has 1 heterocycles. The lowest BCUT2D eigenvalue weighted by atomic mass is 10.1. The van der Waals surface area contributed by atoms with Gasteiger partial charge in [-0.05, 0) is 48.9 Å². The topological polar surface area (TPSA) is 86.6 Å². The first kappa shape index (κ1) is 16.7. The van der Waals surface area contributed by atoms with Gasteiger partial charge in [-0.2, -0.15) is 0 Å². The van der Waals surface area contributed by atoms with Crippen LogP contribution in [-0.4, -0.2) is 16.4 Å². The largest absolute Gasteiger partial charge is 0.436 e. The van der Waals surface area contributed by atoms with E-state index in [-0.39, 0.29) is 17.3 Å². The van der Waals surface area contributed by atoms with Crippen molar-refractivity contribution in [2.45, 2.75) is 20.8 Å². The van der Waals surface area contributed by atoms with E-state index in [4.69, 9.17) is 4.42 Å². The molecule has 1 aromatic heterocycles. The highest BCUT2D eigenvalue weighted by Crippen LogP contribution is 2.26. The predicted octanol–water partition coefficient (Wildman–Crippen LogP) is 3.57. The molecule has 23 heavy (non-hydrogen) atoms. The van der Waals surface area contributed by atoms with Crippen LogP contribution >= 0.6 is 0 Å². The Balaban J connectivity index is 0.00000192. The van der Waals surface area contributed by atoms with Crippen molar-refractivity contribution < 1.29 is 14.7 Å². The van der Waals surface area contributed by atoms with Crippen LogP contribution in [-0.2, 0) is 4.79 Å². The molecule has 3 rings (SSSR count). The van der Waals surface area contributed by atoms with E-state index < -0.39 is 0 Å². The van der Waals surface area contributed by atoms with Crippen LogP contribution < -0.4 is 5.32 Å². The van der Waals surface area contributed by atoms with Crippen LogP contribution in [0.2, 0.25) is 0 Å². The summed E-state index contributed by atoms with van der Waals surface area (Å²) in [6.45, 7) is 5.75. The first-order chi connectivity index (χ1) is 10.5. The molecule has 0 saturated carbocycles. The minimum atomic E-state index is -0.0417. The van der Waals surface area contributed by atoms with E-state index in [0.717, 1.165) is 27.9 Å². The molecule has 5 nitrogen and oxygen atoms in total. The fourth-order valence-corrected chi connectivity index (χ4v) is 2.14. The van der Waals surface area contributed by atoms with Crippen LogP contribution in [0.3, 0.4) is 0 Å². The minimum absolute atomic E-state index is 0. The molecule has 3 N–H and O–H groups in total. The second-order valence-corrected chi connectivity index (χ2v) is 5.71. The zero-order chi connectivity index (χ0) is 15.7. The molecular weight excluding hydrogens is 292 g/mol. The number of hydrogen-bond donors (Lipinski definition) is 1. The number of fused-ring (bicyclic) bond motifs is 1. The smallest absolute Gasteiger partial charge is 0.227 e. The van der Waals surface area contributed by atoms with Crippen LogP contribution in [0.15, 0.2) is 46.9 Å². The molecule has 0 saturated heterocycles. The molecule has 2 aromatic carbocycles. The van der Waals surface area contributed by atoms with Gasteiger partial charge in [-0.15, -0.1) is 0 Å². The van der Waals surface area contributed by atoms with Crippen molar-refractivity contribution >= 4 is 22.7 Å². The Kier molecular flexibility index (Phi) is 4.81. The maximum atomic E-state index is 11.7. The second kappa shape index (κ2) is 6.62. The Hall–Kier alpha value is -2.66. The van der Waals surface area contributed by atoms with E-state index in [1.54, 1.807) is 0 Å². The first-order valence-corrected chi connectivity index (χ1v) is 7.31. The summed E-state index contributed by atoms with van der Waals surface area (Å²) < 4.78 is 5.80. The minimum Gasteiger partial charge on any atom is -0.436 e. The Bertz CT molecular complexity index is 820. The number of anilines is 1. The number of nitrogens with zero attached hydrogens (tertiary/aromatic N) is 1. The lowest BCUT2D eigenvalue weighted by Gasteiger charge is -2.07. The summed E-state index contributed by atoms with van der Waals surface area (Å²) in [4.78, 5) is 16.2. The predicted molar refractivity (Wildman–Crippen MR) is 91.3 cm³/mol. The zero-order valence-electron chi connectivity index (χ0n) is 13.4. The highest BCUT2D eigenvalue weighted by atomic mass is 16.3. The molecule has 0 aliphatic rings. The van der Waals surface area contributed by atoms with E-state index >= 15 is 0 Å². The number of hydrogen-bond acceptors (Lipinski definition) is 3. The number of carbonyl (C=O) groups is 1. The Morgan fingerprint density at radius 1 is 1.13 bits per heavy atom. The zero-order valence-corrected chi connectivity index (χ0v) is 13.4. The maximum absolute atomic E-state index is 11.7. The molecule has 0 fully saturated rings. The Morgan fingerprint density at radius 2 is 1.83 bits per heavy atom. The van der Waals surface area contributed by atoms with E-state index in [2.05, 4.69) is 10.3 Å². The van der Waals surface area contributed by atoms with Gasteiger partial charge in [-0.25, -0.2) is 4.98 Å². The van der Waals surface area contributed by atoms with E-state index in [1.807, 2.05) is 63.2 Å². The summed E-state index contributed by atoms with van der Waals surface area (Å²) in [5, 5.41) is 2.86. The number of rotatable bonds is 3. The number of aromatic nitrogens is 1. The molecule has 0 bridgehead atoms. The van der Waals surface area contributed by atoms with Gasteiger partial charge >= 0.3 is 0 Å². The summed E-state index contributed by atoms with van der Waals surface area (Å²) in [7, 11) is 0. The Labute approximate surface area is 134 Å². The molecule has 120 valence electrons. The number of nitrogens with one attached hydrogen (secondary N) is 1. The summed E-state index contributed by atoms with van der Waals surface area (Å²) in [5.74, 6) is 0.548. The van der Waals surface area contributed by atoms with Gasteiger partial charge in [0.2, 0.25) is 11.8 Å². The Morgan fingerprint density at radius 3 is 2.48 bits per heavy atom. The summed E-state index contributed by atoms with van der Waals surface area (Å²) in [6, 6.07) is 13.4. The summed E-state index contributed by atoms with van der Waals surface area (Å²) in [6.07, 6.45) is 0. The van der Waals surface area contributed by atoms with Gasteiger partial charge in [-0.1, -0.05) is 19.9 Å². The van der Waals surface area contributed by atoms with Crippen molar-refractivity contribution in [3.05, 3.63) is 48.0 Å². The average molecular weight is 312 g/mol. The van der Waals surface area contributed by atoms with Crippen LogP contribution in [0.25, 0.3) is 22.6 Å². The van der Waals surface area contributed by atoms with Gasteiger partial charge in [0.1, 0.15) is 5.52 Å². The molecule has 0 aliphatic heterocycles. The molecule has 0 spiro atoms. The third-order valence-corrected chi connectivity index (χ3v) is 3.47. The van der Waals surface area contributed by atoms with Crippen LogP contribution in [0.1, 0.15) is 19.4 Å². The normalized spacial score (nSPS) is 10.6. The van der Waals surface area contributed by atoms with Crippen molar-refractivity contribution in [3.8, 4) is 11.5 Å². The average Bonchev–Trinajstić information content (AvgIpc) is 2.90. The lowest BCUT2D eigenvalue weighted by molar-refractivity contribution is -0.118. The quantitative estimate of drug-likeness (QED) is 0.802. The van der Waals surface area contributed by atoms with Crippen LogP contribution in [0, 0.1) is 12.8 Å². The number of carbonyl (C=O) groups excluding carboxylic acids is 1. The standard InChI is InChI=1S/C18H18N2O2.H2O/c1-11(2)17(21)19-14-7-5-13(6-8-14)18-20-15-9-4-12(3)10-16(15)22-18;/h4-11H,1-3H3,(H,19,21);1H2. The SMILES string of the molecule is Cc1ccc2nc(-c3ccc(NC(=O)C(C)C)cc3)oc2c1.O. The highest BCUT2D eigenvalue weighted by Gasteiger charge is 2.10. The molecule has 5 heteroatoms. The third kappa shape index (κ3) is 3.57. The third-order valence-electron chi connectivity index (χ3n) is 3.47. The number of benzene rings is 2. The van der Waals surface area contributed by atoms with Gasteiger partial charge in [0.15, 0.2) is 5.58 Å². The number of amides is 1. The number of oxazole rings is 1. The molecule has 0 atom stereocenters. The molecule has 3 aromatic rings. The fourth-order valence-electron chi connectivity index (χ4n) is 2.14. The van der Waals surface area contributed by atoms with E-state index in [9.17, 15) is 4.79 Å². The van der Waals surface area contributed by atoms with Crippen molar-refractivity contribution in [2.75, 3.05) is 5.32 Å². The second-order valence-electron chi connectivity index (χ2n) is 5.71. The molecule has 0 aliphatic carbocycles. The van der Waals surface area contributed by atoms with Crippen molar-refractivity contribution in [1.82, 2.24) is 4.98 Å². The van der Waals surface area contributed by atoms with E-state index in [0.29, 0.717) is 5.89 Å². The molecule has 0 unspecified atom stereocenters. The van der Waals surface area contributed by atoms with Crippen molar-refractivity contribution in [1.29, 1.82) is 0 Å². The molecule has 1 amide bonds. The van der Waals surface area contributed by atoms with Crippen LogP contribution in [0.5, 0.6) is 0 Å². The maximum Gasteiger partial charge on any atom is 0.227 e. The number of aryl methyl sites for hydroxylation is 1. The summed E-state index contributed by atoms with van der Waals surface area (Å²) in [5.41, 5.74) is 4.43. The van der Waals surface area contributed by atoms with Gasteiger partial charge in [0.05, 0.1) is 0 Å². The lowest BCUT2D eigenvalue weighted by Crippen LogP contribution is -2.17. The fraction of sp³-hybridized carbons (Fsp3) is 0.222. The van der Waals surface area contributed by atoms with Crippen molar-refractivity contribution in [2.24, 2.45) is 5.92 Å². The monoisotopic (exact) mass is 312 g/mol. The first-order valence-electron chi connectivity index (χ1n) is 7.31. The highest BCUT2D eigenvalue weighted by molar-refractivity contribution is 5.92. The van der Waals surface area contributed by atoms with Gasteiger partial charge < -0.3 is 15.2 Å².